The molecule has 0 amide bonds. The second-order valence-electron chi connectivity index (χ2n) is 5.43. The van der Waals surface area contributed by atoms with E-state index in [1.807, 2.05) is 0 Å². The molecule has 1 aromatic rings. The lowest BCUT2D eigenvalue weighted by Gasteiger charge is -2.24. The number of nitrogens with one attached hydrogen (secondary N) is 1. The molecule has 2 aliphatic heterocycles. The predicted octanol–water partition coefficient (Wildman–Crippen LogP) is 1.57. The Morgan fingerprint density at radius 1 is 1.41 bits per heavy atom. The summed E-state index contributed by atoms with van der Waals surface area (Å²) in [7, 11) is 0. The highest BCUT2D eigenvalue weighted by molar-refractivity contribution is 5.10. The van der Waals surface area contributed by atoms with Gasteiger partial charge in [0.15, 0.2) is 0 Å². The van der Waals surface area contributed by atoms with Gasteiger partial charge in [0.05, 0.1) is 5.69 Å². The molecule has 92 valence electrons. The summed E-state index contributed by atoms with van der Waals surface area (Å²) in [5.41, 5.74) is 2.33. The monoisotopic (exact) mass is 231 g/mol. The van der Waals surface area contributed by atoms with Crippen LogP contribution in [0.15, 0.2) is 18.2 Å². The van der Waals surface area contributed by atoms with Crippen LogP contribution in [-0.4, -0.2) is 35.6 Å². The zero-order valence-corrected chi connectivity index (χ0v) is 10.5. The first-order valence-corrected chi connectivity index (χ1v) is 6.69. The molecule has 0 spiro atoms. The number of fused-ring (bicyclic) bond motifs is 1. The van der Waals surface area contributed by atoms with E-state index in [2.05, 4.69) is 40.3 Å². The van der Waals surface area contributed by atoms with E-state index in [-0.39, 0.29) is 0 Å². The molecule has 0 bridgehead atoms. The first-order chi connectivity index (χ1) is 8.31. The van der Waals surface area contributed by atoms with Gasteiger partial charge in [0.25, 0.3) is 0 Å². The zero-order valence-electron chi connectivity index (χ0n) is 10.5. The van der Waals surface area contributed by atoms with Gasteiger partial charge in [-0.1, -0.05) is 6.07 Å². The van der Waals surface area contributed by atoms with Gasteiger partial charge in [-0.2, -0.15) is 0 Å². The molecule has 2 atom stereocenters. The van der Waals surface area contributed by atoms with Crippen LogP contribution in [0.25, 0.3) is 0 Å². The molecule has 2 saturated heterocycles. The smallest absolute Gasteiger partial charge is 0.0547 e. The van der Waals surface area contributed by atoms with Crippen LogP contribution in [0.2, 0.25) is 0 Å². The Hall–Kier alpha value is -0.930. The van der Waals surface area contributed by atoms with Gasteiger partial charge in [0.2, 0.25) is 0 Å². The zero-order chi connectivity index (χ0) is 11.7. The first-order valence-electron chi connectivity index (χ1n) is 6.69. The van der Waals surface area contributed by atoms with Gasteiger partial charge in [0, 0.05) is 31.4 Å². The summed E-state index contributed by atoms with van der Waals surface area (Å²) in [6.07, 6.45) is 2.74. The van der Waals surface area contributed by atoms with E-state index < -0.39 is 0 Å². The summed E-state index contributed by atoms with van der Waals surface area (Å²) < 4.78 is 0. The number of rotatable bonds is 2. The summed E-state index contributed by atoms with van der Waals surface area (Å²) in [4.78, 5) is 7.14. The van der Waals surface area contributed by atoms with E-state index in [1.54, 1.807) is 0 Å². The lowest BCUT2D eigenvalue weighted by molar-refractivity contribution is 0.309. The molecule has 17 heavy (non-hydrogen) atoms. The highest BCUT2D eigenvalue weighted by atomic mass is 15.2. The van der Waals surface area contributed by atoms with Crippen molar-refractivity contribution in [2.45, 2.75) is 32.4 Å². The minimum Gasteiger partial charge on any atom is -0.312 e. The number of piperidine rings is 1. The molecule has 0 radical (unpaired) electrons. The lowest BCUT2D eigenvalue weighted by Crippen LogP contribution is -2.40. The van der Waals surface area contributed by atoms with Gasteiger partial charge in [-0.25, -0.2) is 0 Å². The number of hydrogen-bond donors (Lipinski definition) is 1. The van der Waals surface area contributed by atoms with Crippen LogP contribution in [-0.2, 0) is 6.54 Å². The van der Waals surface area contributed by atoms with Gasteiger partial charge in [0.1, 0.15) is 0 Å². The topological polar surface area (TPSA) is 28.2 Å². The fourth-order valence-corrected chi connectivity index (χ4v) is 3.18. The molecular formula is C14H21N3. The van der Waals surface area contributed by atoms with Crippen LogP contribution in [0.3, 0.4) is 0 Å². The molecule has 2 aliphatic rings. The summed E-state index contributed by atoms with van der Waals surface area (Å²) in [6, 6.07) is 7.05. The Morgan fingerprint density at radius 2 is 2.35 bits per heavy atom. The van der Waals surface area contributed by atoms with E-state index in [4.69, 9.17) is 0 Å². The highest BCUT2D eigenvalue weighted by Gasteiger charge is 2.33. The number of aromatic nitrogens is 1. The van der Waals surface area contributed by atoms with Crippen LogP contribution in [0.5, 0.6) is 0 Å². The molecule has 3 heterocycles. The van der Waals surface area contributed by atoms with Crippen molar-refractivity contribution in [1.82, 2.24) is 15.2 Å². The van der Waals surface area contributed by atoms with Crippen molar-refractivity contribution >= 4 is 0 Å². The summed E-state index contributed by atoms with van der Waals surface area (Å²) >= 11 is 0. The van der Waals surface area contributed by atoms with Crippen molar-refractivity contribution in [2.24, 2.45) is 5.92 Å². The van der Waals surface area contributed by atoms with E-state index in [9.17, 15) is 0 Å². The molecule has 3 nitrogen and oxygen atoms in total. The largest absolute Gasteiger partial charge is 0.312 e. The Balaban J connectivity index is 1.63. The van der Waals surface area contributed by atoms with E-state index in [1.165, 1.54) is 38.2 Å². The normalized spacial score (nSPS) is 29.2. The number of aryl methyl sites for hydroxylation is 1. The fraction of sp³-hybridized carbons (Fsp3) is 0.643. The average molecular weight is 231 g/mol. The van der Waals surface area contributed by atoms with Gasteiger partial charge >= 0.3 is 0 Å². The number of pyridine rings is 1. The molecule has 2 fully saturated rings. The third-order valence-corrected chi connectivity index (χ3v) is 4.01. The molecule has 3 rings (SSSR count). The van der Waals surface area contributed by atoms with Crippen LogP contribution in [0.4, 0.5) is 0 Å². The second-order valence-corrected chi connectivity index (χ2v) is 5.43. The molecule has 0 saturated carbocycles. The molecule has 0 aromatic carbocycles. The van der Waals surface area contributed by atoms with Gasteiger partial charge in [-0.3, -0.25) is 9.88 Å². The number of nitrogens with zero attached hydrogens (tertiary/aromatic N) is 2. The Labute approximate surface area is 103 Å². The molecule has 3 heteroatoms. The minimum absolute atomic E-state index is 0.730. The van der Waals surface area contributed by atoms with Crippen molar-refractivity contribution < 1.29 is 0 Å². The molecule has 0 unspecified atom stereocenters. The van der Waals surface area contributed by atoms with Crippen molar-refractivity contribution in [2.75, 3.05) is 19.6 Å². The predicted molar refractivity (Wildman–Crippen MR) is 68.8 cm³/mol. The van der Waals surface area contributed by atoms with Gasteiger partial charge < -0.3 is 5.32 Å². The van der Waals surface area contributed by atoms with Gasteiger partial charge in [-0.15, -0.1) is 0 Å². The van der Waals surface area contributed by atoms with Crippen LogP contribution in [0, 0.1) is 12.8 Å². The van der Waals surface area contributed by atoms with E-state index in [0.717, 1.165) is 24.2 Å². The van der Waals surface area contributed by atoms with Crippen LogP contribution >= 0.6 is 0 Å². The Kier molecular flexibility index (Phi) is 3.12. The average Bonchev–Trinajstić information content (AvgIpc) is 2.71. The van der Waals surface area contributed by atoms with Crippen LogP contribution in [0.1, 0.15) is 24.2 Å². The maximum atomic E-state index is 4.59. The maximum Gasteiger partial charge on any atom is 0.0547 e. The third-order valence-electron chi connectivity index (χ3n) is 4.01. The fourth-order valence-electron chi connectivity index (χ4n) is 3.18. The standard InChI is InChI=1S/C14H21N3/c1-11-4-2-6-13(16-11)9-17-8-12-5-3-7-15-14(12)10-17/h2,4,6,12,14-15H,3,5,7-10H2,1H3/t12-,14+/m0/s1. The first kappa shape index (κ1) is 11.2. The van der Waals surface area contributed by atoms with Crippen LogP contribution < -0.4 is 5.32 Å². The quantitative estimate of drug-likeness (QED) is 0.837. The number of likely N-dealkylation sites (tertiary alicyclic amines) is 1. The second kappa shape index (κ2) is 4.75. The molecule has 0 aliphatic carbocycles. The summed E-state index contributed by atoms with van der Waals surface area (Å²) in [5, 5.41) is 3.65. The van der Waals surface area contributed by atoms with E-state index in [0.29, 0.717) is 0 Å². The maximum absolute atomic E-state index is 4.59. The summed E-state index contributed by atoms with van der Waals surface area (Å²) in [6.45, 7) is 6.72. The van der Waals surface area contributed by atoms with Crippen molar-refractivity contribution in [3.8, 4) is 0 Å². The number of hydrogen-bond acceptors (Lipinski definition) is 3. The summed E-state index contributed by atoms with van der Waals surface area (Å²) in [5.74, 6) is 0.869. The molecule has 1 N–H and O–H groups in total. The molecule has 1 aromatic heterocycles. The van der Waals surface area contributed by atoms with Crippen molar-refractivity contribution in [3.63, 3.8) is 0 Å². The van der Waals surface area contributed by atoms with E-state index >= 15 is 0 Å². The van der Waals surface area contributed by atoms with Crippen molar-refractivity contribution in [3.05, 3.63) is 29.6 Å². The lowest BCUT2D eigenvalue weighted by atomic mass is 9.94. The highest BCUT2D eigenvalue weighted by Crippen LogP contribution is 2.25. The van der Waals surface area contributed by atoms with Crippen molar-refractivity contribution in [1.29, 1.82) is 0 Å². The Morgan fingerprint density at radius 3 is 3.18 bits per heavy atom. The third kappa shape index (κ3) is 2.50. The SMILES string of the molecule is Cc1cccc(CN2C[C@@H]3CCCN[C@@H]3C2)n1. The minimum atomic E-state index is 0.730. The van der Waals surface area contributed by atoms with Gasteiger partial charge in [-0.05, 0) is 44.4 Å². The Bertz CT molecular complexity index is 377. The molecular weight excluding hydrogens is 210 g/mol.